The van der Waals surface area contributed by atoms with E-state index in [9.17, 15) is 0 Å². The number of hydrogen-bond donors (Lipinski definition) is 0. The summed E-state index contributed by atoms with van der Waals surface area (Å²) in [5.74, 6) is 0. The molecule has 1 radical (unpaired) electrons. The van der Waals surface area contributed by atoms with Crippen molar-refractivity contribution in [3.05, 3.63) is 0 Å². The van der Waals surface area contributed by atoms with Crippen LogP contribution in [0.25, 0.3) is 0 Å². The third-order valence-corrected chi connectivity index (χ3v) is 0. The van der Waals surface area contributed by atoms with E-state index in [0.29, 0.717) is 0 Å². The first kappa shape index (κ1) is 16.1. The van der Waals surface area contributed by atoms with E-state index in [0.717, 1.165) is 20.0 Å². The summed E-state index contributed by atoms with van der Waals surface area (Å²) in [5, 5.41) is 0. The van der Waals surface area contributed by atoms with Crippen LogP contribution in [0.5, 0.6) is 0 Å². The molecule has 0 atom stereocenters. The van der Waals surface area contributed by atoms with E-state index in [4.69, 9.17) is 9.19 Å². The summed E-state index contributed by atoms with van der Waals surface area (Å²) in [6.07, 6.45) is 0. The second kappa shape index (κ2) is 18.0. The van der Waals surface area contributed by atoms with Crippen molar-refractivity contribution in [2.24, 2.45) is 0 Å². The van der Waals surface area contributed by atoms with Gasteiger partial charge in [-0.05, 0) is 0 Å². The average Bonchev–Trinajstić information content (AvgIpc) is 1.00. The molecule has 0 saturated heterocycles. The summed E-state index contributed by atoms with van der Waals surface area (Å²) >= 11 is 0.917. The van der Waals surface area contributed by atoms with E-state index < -0.39 is 0 Å². The number of halogens is 1. The summed E-state index contributed by atoms with van der Waals surface area (Å²) in [5.41, 5.74) is 0. The Morgan fingerprint density at radius 1 is 1.25 bits per heavy atom. The van der Waals surface area contributed by atoms with Crippen LogP contribution >= 0.6 is 9.19 Å². The van der Waals surface area contributed by atoms with Crippen molar-refractivity contribution in [2.45, 2.75) is 0 Å². The summed E-state index contributed by atoms with van der Waals surface area (Å²) in [6, 6.07) is 0. The number of hydrogen-bond acceptors (Lipinski definition) is 0. The molecule has 4 heavy (non-hydrogen) atoms. The molecule has 0 saturated carbocycles. The molecule has 23 valence electrons. The Labute approximate surface area is 71.6 Å². The summed E-state index contributed by atoms with van der Waals surface area (Å²) < 4.78 is 0. The standard InChI is InChI=1S/ClH.Nb.Ta.W/h1H;;;/q;;+1;/p-1. The molecular formula is ClNbTaW. The van der Waals surface area contributed by atoms with Gasteiger partial charge in [0.2, 0.25) is 0 Å². The molecule has 0 aromatic carbocycles. The van der Waals surface area contributed by atoms with Crippen LogP contribution in [0, 0.1) is 0 Å². The predicted molar refractivity (Wildman–Crippen MR) is 5.85 cm³/mol. The number of rotatable bonds is 0. The van der Waals surface area contributed by atoms with Gasteiger partial charge in [0.25, 0.3) is 0 Å². The van der Waals surface area contributed by atoms with Crippen molar-refractivity contribution < 1.29 is 63.4 Å². The first-order valence-electron chi connectivity index (χ1n) is 0.169. The van der Waals surface area contributed by atoms with Crippen molar-refractivity contribution in [2.75, 3.05) is 0 Å². The van der Waals surface area contributed by atoms with Gasteiger partial charge < -0.3 is 0 Å². The molecule has 0 aliphatic heterocycles. The molecule has 0 N–H and O–H groups in total. The van der Waals surface area contributed by atoms with Crippen molar-refractivity contribution in [3.8, 4) is 0 Å². The van der Waals surface area contributed by atoms with Gasteiger partial charge in [-0.3, -0.25) is 0 Å². The molecule has 4 heteroatoms. The van der Waals surface area contributed by atoms with Gasteiger partial charge in [-0.15, -0.1) is 0 Å². The van der Waals surface area contributed by atoms with Crippen LogP contribution in [-0.4, -0.2) is 0 Å². The van der Waals surface area contributed by atoms with Gasteiger partial charge >= 0.3 is 29.2 Å². The SMILES string of the molecule is [Cl][Ta].[Nb].[W]. The fraction of sp³-hybridized carbons (Fsp3) is 0. The van der Waals surface area contributed by atoms with Crippen molar-refractivity contribution in [3.63, 3.8) is 0 Å². The van der Waals surface area contributed by atoms with Gasteiger partial charge in [0.15, 0.2) is 0 Å². The van der Waals surface area contributed by atoms with Crippen LogP contribution in [0.15, 0.2) is 0 Å². The van der Waals surface area contributed by atoms with E-state index in [1.807, 2.05) is 0 Å². The van der Waals surface area contributed by atoms with Gasteiger partial charge in [0.1, 0.15) is 0 Å². The van der Waals surface area contributed by atoms with E-state index >= 15 is 0 Å². The second-order valence-electron chi connectivity index (χ2n) is 0. The van der Waals surface area contributed by atoms with Crippen LogP contribution < -0.4 is 0 Å². The molecular weight excluding hydrogens is 493 g/mol. The largest absolute Gasteiger partial charge is 0 e. The average molecular weight is 493 g/mol. The maximum Gasteiger partial charge on any atom is 0 e. The Morgan fingerprint density at radius 2 is 1.25 bits per heavy atom. The molecule has 0 amide bonds. The van der Waals surface area contributed by atoms with Crippen LogP contribution in [-0.2, 0) is 63.4 Å². The molecule has 0 aromatic heterocycles. The zero-order valence-corrected chi connectivity index (χ0v) is 10.8. The first-order chi connectivity index (χ1) is 1.00. The maximum absolute atomic E-state index is 4.75. The van der Waals surface area contributed by atoms with Gasteiger partial charge in [0.05, 0.1) is 0 Å². The summed E-state index contributed by atoms with van der Waals surface area (Å²) in [7, 11) is 4.75. The topological polar surface area (TPSA) is 0 Å². The minimum Gasteiger partial charge on any atom is 0 e. The molecule has 0 aliphatic carbocycles. The van der Waals surface area contributed by atoms with Gasteiger partial charge in [-0.25, -0.2) is 0 Å². The Balaban J connectivity index is -0.00000000500. The van der Waals surface area contributed by atoms with Crippen LogP contribution in [0.1, 0.15) is 0 Å². The van der Waals surface area contributed by atoms with Crippen LogP contribution in [0.4, 0.5) is 0 Å². The predicted octanol–water partition coefficient (Wildman–Crippen LogP) is 0.682. The molecule has 0 nitrogen and oxygen atoms in total. The van der Waals surface area contributed by atoms with E-state index in [1.54, 1.807) is 0 Å². The Morgan fingerprint density at radius 3 is 1.25 bits per heavy atom. The smallest absolute Gasteiger partial charge is 0 e. The monoisotopic (exact) mass is 493 g/mol. The van der Waals surface area contributed by atoms with Crippen LogP contribution in [0.2, 0.25) is 0 Å². The maximum atomic E-state index is 4.75. The molecule has 0 unspecified atom stereocenters. The third kappa shape index (κ3) is 8.82. The van der Waals surface area contributed by atoms with Gasteiger partial charge in [0, 0.05) is 43.4 Å². The van der Waals surface area contributed by atoms with Crippen LogP contribution in [0.3, 0.4) is 0 Å². The van der Waals surface area contributed by atoms with Gasteiger partial charge in [-0.2, -0.15) is 0 Å². The molecule has 0 rings (SSSR count). The second-order valence-corrected chi connectivity index (χ2v) is 0. The molecule has 0 heterocycles. The van der Waals surface area contributed by atoms with E-state index in [1.165, 1.54) is 0 Å². The van der Waals surface area contributed by atoms with Gasteiger partial charge in [-0.1, -0.05) is 0 Å². The molecule has 0 spiro atoms. The minimum absolute atomic E-state index is 0. The van der Waals surface area contributed by atoms with E-state index in [-0.39, 0.29) is 43.4 Å². The zero-order valence-electron chi connectivity index (χ0n) is 1.68. The molecule has 0 fully saturated rings. The fourth-order valence-electron chi connectivity index (χ4n) is 0. The molecule has 0 aliphatic rings. The Bertz CT molecular complexity index is 8.00. The Kier molecular flexibility index (Phi) is 72.2. The van der Waals surface area contributed by atoms with Crippen molar-refractivity contribution >= 4 is 9.19 Å². The quantitative estimate of drug-likeness (QED) is 0.436. The zero-order chi connectivity index (χ0) is 2.00. The van der Waals surface area contributed by atoms with Crippen molar-refractivity contribution in [1.29, 1.82) is 0 Å². The Hall–Kier alpha value is 2.46. The summed E-state index contributed by atoms with van der Waals surface area (Å²) in [4.78, 5) is 0. The van der Waals surface area contributed by atoms with Crippen molar-refractivity contribution in [1.82, 2.24) is 0 Å². The first-order valence-corrected chi connectivity index (χ1v) is 4.15. The fourth-order valence-corrected chi connectivity index (χ4v) is 0. The third-order valence-electron chi connectivity index (χ3n) is 0. The summed E-state index contributed by atoms with van der Waals surface area (Å²) in [6.45, 7) is 0. The molecule has 0 bridgehead atoms. The minimum atomic E-state index is 0. The molecule has 0 aromatic rings. The normalized spacial score (nSPS) is 1.25. The van der Waals surface area contributed by atoms with E-state index in [2.05, 4.69) is 0 Å².